The van der Waals surface area contributed by atoms with Crippen LogP contribution >= 0.6 is 0 Å². The number of rotatable bonds is 8. The molecule has 3 aromatic rings. The van der Waals surface area contributed by atoms with Crippen molar-refractivity contribution in [2.45, 2.75) is 11.1 Å². The topological polar surface area (TPSA) is 159 Å². The number of nitrogens with zero attached hydrogens (tertiary/aromatic N) is 3. The summed E-state index contributed by atoms with van der Waals surface area (Å²) in [6, 6.07) is 13.5. The zero-order valence-electron chi connectivity index (χ0n) is 17.6. The number of azo groups is 1. The monoisotopic (exact) mass is 506 g/mol. The highest BCUT2D eigenvalue weighted by Crippen LogP contribution is 2.33. The second-order valence-corrected chi connectivity index (χ2v) is 8.44. The van der Waals surface area contributed by atoms with Crippen molar-refractivity contribution in [1.29, 1.82) is 0 Å². The Morgan fingerprint density at radius 2 is 1.63 bits per heavy atom. The van der Waals surface area contributed by atoms with E-state index in [2.05, 4.69) is 19.9 Å². The van der Waals surface area contributed by atoms with E-state index >= 15 is 0 Å². The standard InChI is InChI=1S/C21H17F3N6O4S/c22-21(23,24)13-2-1-3-15(10-13)28-19-9-6-16(11-18(19)20(31)32)30-29-14-4-7-17(8-5-14)35(33,34)27-12-26-25/h1-12,28H,25H2,(H,26,27)(H,31,32). The van der Waals surface area contributed by atoms with E-state index in [1.807, 2.05) is 5.43 Å². The lowest BCUT2D eigenvalue weighted by Gasteiger charge is -2.12. The number of hydrogen-bond acceptors (Lipinski definition) is 7. The van der Waals surface area contributed by atoms with Gasteiger partial charge in [-0.25, -0.2) is 10.6 Å². The predicted octanol–water partition coefficient (Wildman–Crippen LogP) is 4.74. The SMILES string of the molecule is NNC=NS(=O)(=O)c1ccc(N=Nc2ccc(Nc3cccc(C(F)(F)F)c3)c(C(=O)O)c2)cc1. The van der Waals surface area contributed by atoms with Gasteiger partial charge in [-0.1, -0.05) is 6.07 Å². The van der Waals surface area contributed by atoms with Gasteiger partial charge in [-0.3, -0.25) is 0 Å². The zero-order valence-corrected chi connectivity index (χ0v) is 18.4. The molecule has 0 radical (unpaired) electrons. The van der Waals surface area contributed by atoms with Crippen molar-refractivity contribution in [3.8, 4) is 0 Å². The fourth-order valence-corrected chi connectivity index (χ4v) is 3.57. The van der Waals surface area contributed by atoms with E-state index < -0.39 is 27.7 Å². The van der Waals surface area contributed by atoms with Crippen LogP contribution in [0.3, 0.4) is 0 Å². The molecule has 0 aliphatic carbocycles. The highest BCUT2D eigenvalue weighted by atomic mass is 32.2. The maximum atomic E-state index is 12.9. The molecule has 182 valence electrons. The van der Waals surface area contributed by atoms with Crippen molar-refractivity contribution < 1.29 is 31.5 Å². The molecule has 0 amide bonds. The molecule has 3 rings (SSSR count). The van der Waals surface area contributed by atoms with Crippen LogP contribution in [0.2, 0.25) is 0 Å². The van der Waals surface area contributed by atoms with Gasteiger partial charge in [0.15, 0.2) is 0 Å². The van der Waals surface area contributed by atoms with Crippen LogP contribution in [0.4, 0.5) is 35.9 Å². The predicted molar refractivity (Wildman–Crippen MR) is 122 cm³/mol. The second-order valence-electron chi connectivity index (χ2n) is 6.81. The van der Waals surface area contributed by atoms with Crippen molar-refractivity contribution in [3.05, 3.63) is 77.9 Å². The van der Waals surface area contributed by atoms with E-state index in [-0.39, 0.29) is 33.2 Å². The zero-order chi connectivity index (χ0) is 25.6. The lowest BCUT2D eigenvalue weighted by atomic mass is 10.1. The quantitative estimate of drug-likeness (QED) is 0.113. The summed E-state index contributed by atoms with van der Waals surface area (Å²) in [6.45, 7) is 0. The Labute approximate surface area is 197 Å². The number of hydrogen-bond donors (Lipinski definition) is 4. The van der Waals surface area contributed by atoms with Gasteiger partial charge in [0.25, 0.3) is 10.0 Å². The Morgan fingerprint density at radius 1 is 0.971 bits per heavy atom. The summed E-state index contributed by atoms with van der Waals surface area (Å²) in [6.07, 6.45) is -3.73. The van der Waals surface area contributed by atoms with Crippen LogP contribution in [-0.4, -0.2) is 25.8 Å². The first kappa shape index (κ1) is 25.3. The van der Waals surface area contributed by atoms with Crippen molar-refractivity contribution in [2.24, 2.45) is 20.5 Å². The third-order valence-electron chi connectivity index (χ3n) is 4.38. The molecule has 14 heteroatoms. The number of hydrazine groups is 1. The lowest BCUT2D eigenvalue weighted by Crippen LogP contribution is -2.20. The maximum absolute atomic E-state index is 12.9. The number of alkyl halides is 3. The van der Waals surface area contributed by atoms with Gasteiger partial charge < -0.3 is 15.8 Å². The number of carboxylic acids is 1. The molecule has 0 saturated heterocycles. The third-order valence-corrected chi connectivity index (χ3v) is 5.63. The van der Waals surface area contributed by atoms with E-state index in [1.54, 1.807) is 0 Å². The molecule has 0 heterocycles. The number of benzene rings is 3. The average Bonchev–Trinajstić information content (AvgIpc) is 2.82. The van der Waals surface area contributed by atoms with Crippen molar-refractivity contribution in [1.82, 2.24) is 5.43 Å². The van der Waals surface area contributed by atoms with Crippen LogP contribution < -0.4 is 16.6 Å². The summed E-state index contributed by atoms with van der Waals surface area (Å²) in [5.74, 6) is 3.62. The molecule has 0 saturated carbocycles. The molecule has 5 N–H and O–H groups in total. The van der Waals surface area contributed by atoms with Crippen LogP contribution in [0.1, 0.15) is 15.9 Å². The Balaban J connectivity index is 1.82. The Bertz CT molecular complexity index is 1390. The fourth-order valence-electron chi connectivity index (χ4n) is 2.77. The summed E-state index contributed by atoms with van der Waals surface area (Å²) < 4.78 is 66.0. The molecule has 0 unspecified atom stereocenters. The lowest BCUT2D eigenvalue weighted by molar-refractivity contribution is -0.137. The van der Waals surface area contributed by atoms with Crippen molar-refractivity contribution in [3.63, 3.8) is 0 Å². The minimum Gasteiger partial charge on any atom is -0.478 e. The number of anilines is 2. The third kappa shape index (κ3) is 6.61. The molecule has 10 nitrogen and oxygen atoms in total. The average molecular weight is 506 g/mol. The van der Waals surface area contributed by atoms with E-state index in [0.29, 0.717) is 0 Å². The van der Waals surface area contributed by atoms with E-state index in [9.17, 15) is 31.5 Å². The minimum absolute atomic E-state index is 0.0536. The van der Waals surface area contributed by atoms with Gasteiger partial charge in [-0.05, 0) is 60.7 Å². The number of nitrogens with one attached hydrogen (secondary N) is 2. The first-order valence-electron chi connectivity index (χ1n) is 9.58. The first-order chi connectivity index (χ1) is 16.5. The number of halogens is 3. The number of carbonyl (C=O) groups is 1. The largest absolute Gasteiger partial charge is 0.478 e. The number of carboxylic acid groups (broad SMARTS) is 1. The summed E-state index contributed by atoms with van der Waals surface area (Å²) in [5, 5.41) is 20.1. The first-order valence-corrected chi connectivity index (χ1v) is 11.0. The van der Waals surface area contributed by atoms with Gasteiger partial charge in [-0.15, -0.1) is 4.40 Å². The highest BCUT2D eigenvalue weighted by Gasteiger charge is 2.30. The molecule has 35 heavy (non-hydrogen) atoms. The summed E-state index contributed by atoms with van der Waals surface area (Å²) in [7, 11) is -3.94. The molecule has 0 spiro atoms. The molecule has 0 aromatic heterocycles. The molecule has 0 atom stereocenters. The van der Waals surface area contributed by atoms with Gasteiger partial charge >= 0.3 is 12.1 Å². The second kappa shape index (κ2) is 10.3. The van der Waals surface area contributed by atoms with Crippen LogP contribution in [0.5, 0.6) is 0 Å². The Kier molecular flexibility index (Phi) is 7.46. The van der Waals surface area contributed by atoms with Gasteiger partial charge in [-0.2, -0.15) is 31.8 Å². The minimum atomic E-state index is -4.55. The van der Waals surface area contributed by atoms with Gasteiger partial charge in [0.05, 0.1) is 33.1 Å². The highest BCUT2D eigenvalue weighted by molar-refractivity contribution is 7.90. The normalized spacial score (nSPS) is 12.2. The number of aromatic carboxylic acids is 1. The van der Waals surface area contributed by atoms with Gasteiger partial charge in [0.1, 0.15) is 6.34 Å². The molecular weight excluding hydrogens is 489 g/mol. The fraction of sp³-hybridized carbons (Fsp3) is 0.0476. The molecular formula is C21H17F3N6O4S. The maximum Gasteiger partial charge on any atom is 0.416 e. The van der Waals surface area contributed by atoms with Crippen LogP contribution in [0.25, 0.3) is 0 Å². The van der Waals surface area contributed by atoms with Crippen LogP contribution in [-0.2, 0) is 16.2 Å². The molecule has 0 aliphatic rings. The summed E-state index contributed by atoms with van der Waals surface area (Å²) in [5.41, 5.74) is 1.38. The summed E-state index contributed by atoms with van der Waals surface area (Å²) in [4.78, 5) is 11.6. The Hall–Kier alpha value is -4.30. The van der Waals surface area contributed by atoms with Crippen molar-refractivity contribution >= 4 is 45.1 Å². The molecule has 0 fully saturated rings. The Morgan fingerprint density at radius 3 is 2.26 bits per heavy atom. The molecule has 0 bridgehead atoms. The van der Waals surface area contributed by atoms with Crippen LogP contribution in [0.15, 0.2) is 86.3 Å². The summed E-state index contributed by atoms with van der Waals surface area (Å²) >= 11 is 0. The van der Waals surface area contributed by atoms with Gasteiger partial charge in [0, 0.05) is 5.69 Å². The molecule has 0 aliphatic heterocycles. The number of sulfonamides is 1. The van der Waals surface area contributed by atoms with E-state index in [1.165, 1.54) is 54.6 Å². The van der Waals surface area contributed by atoms with E-state index in [4.69, 9.17) is 5.84 Å². The molecule has 3 aromatic carbocycles. The smallest absolute Gasteiger partial charge is 0.416 e. The van der Waals surface area contributed by atoms with Gasteiger partial charge in [0.2, 0.25) is 0 Å². The van der Waals surface area contributed by atoms with Crippen molar-refractivity contribution in [2.75, 3.05) is 5.32 Å². The number of nitrogens with two attached hydrogens (primary N) is 1. The van der Waals surface area contributed by atoms with Crippen LogP contribution in [0, 0.1) is 0 Å². The van der Waals surface area contributed by atoms with E-state index in [0.717, 1.165) is 18.5 Å².